The Labute approximate surface area is 149 Å². The highest BCUT2D eigenvalue weighted by Crippen LogP contribution is 2.21. The number of rotatable bonds is 6. The molecule has 2 aromatic rings. The number of carbonyl (C=O) groups excluding carboxylic acids is 1. The molecule has 0 aliphatic rings. The van der Waals surface area contributed by atoms with Crippen molar-refractivity contribution in [2.45, 2.75) is 23.7 Å². The van der Waals surface area contributed by atoms with E-state index in [2.05, 4.69) is 0 Å². The average Bonchev–Trinajstić information content (AvgIpc) is 2.65. The molecule has 2 aromatic carbocycles. The van der Waals surface area contributed by atoms with Gasteiger partial charge in [0.1, 0.15) is 6.61 Å². The third-order valence-corrected chi connectivity index (χ3v) is 5.73. The van der Waals surface area contributed by atoms with Crippen LogP contribution in [0.4, 0.5) is 5.69 Å². The number of nitro groups is 1. The van der Waals surface area contributed by atoms with E-state index in [1.165, 1.54) is 6.92 Å². The van der Waals surface area contributed by atoms with Gasteiger partial charge in [0.15, 0.2) is 15.1 Å². The van der Waals surface area contributed by atoms with E-state index in [9.17, 15) is 23.3 Å². The summed E-state index contributed by atoms with van der Waals surface area (Å²) in [5.41, 5.74) is 0.529. The summed E-state index contributed by atoms with van der Waals surface area (Å²) >= 11 is 0. The molecule has 2 rings (SSSR count). The zero-order chi connectivity index (χ0) is 19.3. The number of nitriles is 1. The number of nitrogens with zero attached hydrogens (tertiary/aromatic N) is 2. The summed E-state index contributed by atoms with van der Waals surface area (Å²) in [7, 11) is -4.06. The molecule has 1 atom stereocenters. The van der Waals surface area contributed by atoms with Crippen LogP contribution in [0.3, 0.4) is 0 Å². The smallest absolute Gasteiger partial charge is 0.324 e. The highest BCUT2D eigenvalue weighted by molar-refractivity contribution is 7.92. The van der Waals surface area contributed by atoms with Crippen LogP contribution in [-0.2, 0) is 26.0 Å². The molecule has 0 amide bonds. The fourth-order valence-corrected chi connectivity index (χ4v) is 3.35. The Morgan fingerprint density at radius 2 is 1.85 bits per heavy atom. The van der Waals surface area contributed by atoms with Crippen molar-refractivity contribution in [3.63, 3.8) is 0 Å². The molecule has 0 heterocycles. The highest BCUT2D eigenvalue weighted by Gasteiger charge is 2.31. The summed E-state index contributed by atoms with van der Waals surface area (Å²) in [5, 5.41) is 18.1. The van der Waals surface area contributed by atoms with Crippen molar-refractivity contribution in [1.29, 1.82) is 5.26 Å². The van der Waals surface area contributed by atoms with Gasteiger partial charge in [-0.05, 0) is 25.1 Å². The zero-order valence-electron chi connectivity index (χ0n) is 13.7. The monoisotopic (exact) mass is 374 g/mol. The molecule has 0 spiro atoms. The van der Waals surface area contributed by atoms with Gasteiger partial charge in [-0.1, -0.05) is 18.2 Å². The largest absolute Gasteiger partial charge is 0.460 e. The van der Waals surface area contributed by atoms with Crippen molar-refractivity contribution in [2.75, 3.05) is 0 Å². The number of benzene rings is 2. The molecule has 0 unspecified atom stereocenters. The molecule has 0 saturated carbocycles. The van der Waals surface area contributed by atoms with Crippen molar-refractivity contribution in [2.24, 2.45) is 0 Å². The van der Waals surface area contributed by atoms with Gasteiger partial charge in [0.2, 0.25) is 0 Å². The first-order chi connectivity index (χ1) is 12.3. The topological polar surface area (TPSA) is 127 Å². The normalized spacial score (nSPS) is 12.0. The van der Waals surface area contributed by atoms with E-state index in [1.54, 1.807) is 24.3 Å². The zero-order valence-corrected chi connectivity index (χ0v) is 14.5. The van der Waals surface area contributed by atoms with E-state index in [4.69, 9.17) is 10.00 Å². The summed E-state index contributed by atoms with van der Waals surface area (Å²) in [5.74, 6) is -0.976. The second kappa shape index (κ2) is 7.76. The first kappa shape index (κ1) is 19.1. The molecule has 26 heavy (non-hydrogen) atoms. The predicted molar refractivity (Wildman–Crippen MR) is 90.7 cm³/mol. The molecular weight excluding hydrogens is 360 g/mol. The van der Waals surface area contributed by atoms with Crippen LogP contribution in [0.2, 0.25) is 0 Å². The van der Waals surface area contributed by atoms with E-state index in [0.29, 0.717) is 11.1 Å². The number of hydrogen-bond donors (Lipinski definition) is 0. The molecule has 8 nitrogen and oxygen atoms in total. The first-order valence-corrected chi connectivity index (χ1v) is 8.95. The fraction of sp³-hybridized carbons (Fsp3) is 0.176. The van der Waals surface area contributed by atoms with E-state index in [0.717, 1.165) is 24.3 Å². The molecule has 0 N–H and O–H groups in total. The number of sulfone groups is 1. The molecule has 134 valence electrons. The molecule has 0 aliphatic carbocycles. The fourth-order valence-electron chi connectivity index (χ4n) is 2.11. The molecule has 9 heteroatoms. The Kier molecular flexibility index (Phi) is 5.69. The van der Waals surface area contributed by atoms with Gasteiger partial charge in [-0.25, -0.2) is 8.42 Å². The molecule has 0 aromatic heterocycles. The number of carbonyl (C=O) groups is 1. The van der Waals surface area contributed by atoms with Gasteiger partial charge in [0.25, 0.3) is 5.69 Å². The van der Waals surface area contributed by atoms with Gasteiger partial charge >= 0.3 is 5.97 Å². The lowest BCUT2D eigenvalue weighted by atomic mass is 10.1. The summed E-state index contributed by atoms with van der Waals surface area (Å²) in [6.07, 6.45) is 0. The van der Waals surface area contributed by atoms with Crippen molar-refractivity contribution in [3.8, 4) is 6.07 Å². The Bertz CT molecular complexity index is 977. The lowest BCUT2D eigenvalue weighted by Crippen LogP contribution is -2.29. The van der Waals surface area contributed by atoms with E-state index >= 15 is 0 Å². The summed E-state index contributed by atoms with van der Waals surface area (Å²) < 4.78 is 30.0. The minimum atomic E-state index is -4.06. The average molecular weight is 374 g/mol. The summed E-state index contributed by atoms with van der Waals surface area (Å²) in [6, 6.07) is 12.7. The van der Waals surface area contributed by atoms with Crippen molar-refractivity contribution < 1.29 is 22.9 Å². The van der Waals surface area contributed by atoms with Crippen molar-refractivity contribution in [1.82, 2.24) is 0 Å². The second-order valence-corrected chi connectivity index (χ2v) is 7.58. The van der Waals surface area contributed by atoms with Crippen LogP contribution in [0.15, 0.2) is 53.4 Å². The first-order valence-electron chi connectivity index (χ1n) is 7.40. The molecule has 0 bridgehead atoms. The standard InChI is InChI=1S/C17H14N2O6S/c1-12(17(20)25-11-14-5-3-2-4-13(14)10-18)26(23,24)16-8-6-15(7-9-16)19(21)22/h2-9,12H,11H2,1H3/t12-/m0/s1. The van der Waals surface area contributed by atoms with Crippen LogP contribution >= 0.6 is 0 Å². The molecule has 0 saturated heterocycles. The van der Waals surface area contributed by atoms with Crippen molar-refractivity contribution >= 4 is 21.5 Å². The molecule has 0 radical (unpaired) electrons. The minimum absolute atomic E-state index is 0.218. The van der Waals surface area contributed by atoms with Gasteiger partial charge < -0.3 is 4.74 Å². The van der Waals surface area contributed by atoms with Crippen molar-refractivity contribution in [3.05, 3.63) is 69.8 Å². The van der Waals surface area contributed by atoms with Crippen LogP contribution < -0.4 is 0 Å². The van der Waals surface area contributed by atoms with Crippen LogP contribution in [0.25, 0.3) is 0 Å². The maximum absolute atomic E-state index is 12.5. The van der Waals surface area contributed by atoms with E-state index in [-0.39, 0.29) is 17.2 Å². The minimum Gasteiger partial charge on any atom is -0.460 e. The van der Waals surface area contributed by atoms with Crippen LogP contribution in [-0.4, -0.2) is 24.6 Å². The molecule has 0 fully saturated rings. The number of non-ortho nitro benzene ring substituents is 1. The third-order valence-electron chi connectivity index (χ3n) is 3.68. The quantitative estimate of drug-likeness (QED) is 0.431. The van der Waals surface area contributed by atoms with Gasteiger partial charge in [0.05, 0.1) is 21.5 Å². The lowest BCUT2D eigenvalue weighted by molar-refractivity contribution is -0.384. The third kappa shape index (κ3) is 4.04. The van der Waals surface area contributed by atoms with Gasteiger partial charge in [-0.3, -0.25) is 14.9 Å². The highest BCUT2D eigenvalue weighted by atomic mass is 32.2. The number of hydrogen-bond acceptors (Lipinski definition) is 7. The maximum atomic E-state index is 12.5. The summed E-state index contributed by atoms with van der Waals surface area (Å²) in [6.45, 7) is 0.942. The number of ether oxygens (including phenoxy) is 1. The van der Waals surface area contributed by atoms with E-state index < -0.39 is 26.0 Å². The lowest BCUT2D eigenvalue weighted by Gasteiger charge is -2.13. The SMILES string of the molecule is C[C@@H](C(=O)OCc1ccccc1C#N)S(=O)(=O)c1ccc([N+](=O)[O-])cc1. The van der Waals surface area contributed by atoms with Crippen LogP contribution in [0.1, 0.15) is 18.1 Å². The number of nitro benzene ring substituents is 1. The summed E-state index contributed by atoms with van der Waals surface area (Å²) in [4.78, 5) is 21.9. The van der Waals surface area contributed by atoms with Gasteiger partial charge in [-0.2, -0.15) is 5.26 Å². The number of esters is 1. The van der Waals surface area contributed by atoms with Crippen LogP contribution in [0, 0.1) is 21.4 Å². The molecular formula is C17H14N2O6S. The Morgan fingerprint density at radius 3 is 2.42 bits per heavy atom. The van der Waals surface area contributed by atoms with Gasteiger partial charge in [-0.15, -0.1) is 0 Å². The Morgan fingerprint density at radius 1 is 1.23 bits per heavy atom. The second-order valence-electron chi connectivity index (χ2n) is 5.31. The van der Waals surface area contributed by atoms with Gasteiger partial charge in [0, 0.05) is 17.7 Å². The molecule has 0 aliphatic heterocycles. The predicted octanol–water partition coefficient (Wildman–Crippen LogP) is 2.37. The Balaban J connectivity index is 2.13. The van der Waals surface area contributed by atoms with E-state index in [1.807, 2.05) is 6.07 Å². The Hall–Kier alpha value is -3.25. The van der Waals surface area contributed by atoms with Crippen LogP contribution in [0.5, 0.6) is 0 Å². The maximum Gasteiger partial charge on any atom is 0.324 e.